The second kappa shape index (κ2) is 8.23. The summed E-state index contributed by atoms with van der Waals surface area (Å²) in [6.07, 6.45) is 1.27. The zero-order valence-corrected chi connectivity index (χ0v) is 15.5. The van der Waals surface area contributed by atoms with Crippen molar-refractivity contribution in [1.82, 2.24) is 5.32 Å². The maximum absolute atomic E-state index is 12.1. The molecule has 2 amide bonds. The van der Waals surface area contributed by atoms with Crippen LogP contribution in [0.15, 0.2) is 42.5 Å². The molecular formula is C20H22ClN3O2. The van der Waals surface area contributed by atoms with E-state index in [1.807, 2.05) is 12.1 Å². The fraction of sp³-hybridized carbons (Fsp3) is 0.300. The number of anilines is 2. The largest absolute Gasteiger partial charge is 0.371 e. The van der Waals surface area contributed by atoms with Crippen molar-refractivity contribution < 1.29 is 9.59 Å². The van der Waals surface area contributed by atoms with Gasteiger partial charge in [-0.05, 0) is 55.3 Å². The van der Waals surface area contributed by atoms with E-state index in [-0.39, 0.29) is 24.8 Å². The number of hydrogen-bond donors (Lipinski definition) is 2. The minimum absolute atomic E-state index is 0.123. The Bertz CT molecular complexity index is 805. The first-order chi connectivity index (χ1) is 12.6. The van der Waals surface area contributed by atoms with Crippen LogP contribution in [-0.4, -0.2) is 31.4 Å². The summed E-state index contributed by atoms with van der Waals surface area (Å²) in [6.45, 7) is 4.39. The molecule has 1 aliphatic rings. The molecule has 2 aromatic carbocycles. The Kier molecular flexibility index (Phi) is 5.78. The Balaban J connectivity index is 1.49. The standard InChI is InChI=1S/C20H22ClN3O2/c1-2-24-12-10-14-5-8-17(13-18(14)24)23-19(25)9-11-22-20(26)15-3-6-16(21)7-4-15/h3-8,13H,2,9-12H2,1H3,(H,22,26)(H,23,25). The van der Waals surface area contributed by atoms with Crippen LogP contribution in [0.4, 0.5) is 11.4 Å². The molecule has 0 unspecified atom stereocenters. The smallest absolute Gasteiger partial charge is 0.251 e. The highest BCUT2D eigenvalue weighted by Crippen LogP contribution is 2.30. The predicted molar refractivity (Wildman–Crippen MR) is 105 cm³/mol. The zero-order valence-electron chi connectivity index (χ0n) is 14.7. The van der Waals surface area contributed by atoms with Crippen molar-refractivity contribution in [3.05, 3.63) is 58.6 Å². The molecular weight excluding hydrogens is 350 g/mol. The number of amides is 2. The van der Waals surface area contributed by atoms with Crippen LogP contribution < -0.4 is 15.5 Å². The van der Waals surface area contributed by atoms with E-state index in [0.717, 1.165) is 25.2 Å². The minimum atomic E-state index is -0.217. The molecule has 2 aromatic rings. The molecule has 3 rings (SSSR count). The Morgan fingerprint density at radius 1 is 1.15 bits per heavy atom. The lowest BCUT2D eigenvalue weighted by Crippen LogP contribution is -2.27. The number of likely N-dealkylation sites (N-methyl/N-ethyl adjacent to an activating group) is 1. The molecule has 0 saturated carbocycles. The van der Waals surface area contributed by atoms with Gasteiger partial charge in [-0.25, -0.2) is 0 Å². The van der Waals surface area contributed by atoms with Crippen LogP contribution in [0, 0.1) is 0 Å². The molecule has 1 aliphatic heterocycles. The highest BCUT2D eigenvalue weighted by atomic mass is 35.5. The van der Waals surface area contributed by atoms with Crippen LogP contribution in [0.3, 0.4) is 0 Å². The normalized spacial score (nSPS) is 12.6. The number of carbonyl (C=O) groups excluding carboxylic acids is 2. The third kappa shape index (κ3) is 4.35. The molecule has 26 heavy (non-hydrogen) atoms. The van der Waals surface area contributed by atoms with Crippen LogP contribution in [0.1, 0.15) is 29.3 Å². The molecule has 0 bridgehead atoms. The SMILES string of the molecule is CCN1CCc2ccc(NC(=O)CCNC(=O)c3ccc(Cl)cc3)cc21. The Hall–Kier alpha value is -2.53. The van der Waals surface area contributed by atoms with Crippen LogP contribution in [0.5, 0.6) is 0 Å². The number of hydrogen-bond acceptors (Lipinski definition) is 3. The van der Waals surface area contributed by atoms with Gasteiger partial charge in [-0.1, -0.05) is 17.7 Å². The molecule has 2 N–H and O–H groups in total. The summed E-state index contributed by atoms with van der Waals surface area (Å²) in [5.74, 6) is -0.340. The van der Waals surface area contributed by atoms with Gasteiger partial charge in [0.25, 0.3) is 5.91 Å². The van der Waals surface area contributed by atoms with Crippen molar-refractivity contribution in [2.75, 3.05) is 29.9 Å². The van der Waals surface area contributed by atoms with Gasteiger partial charge in [0.05, 0.1) is 0 Å². The average Bonchev–Trinajstić information content (AvgIpc) is 3.04. The first kappa shape index (κ1) is 18.3. The average molecular weight is 372 g/mol. The molecule has 0 atom stereocenters. The van der Waals surface area contributed by atoms with Crippen LogP contribution >= 0.6 is 11.6 Å². The summed E-state index contributed by atoms with van der Waals surface area (Å²) in [5, 5.41) is 6.23. The number of fused-ring (bicyclic) bond motifs is 1. The topological polar surface area (TPSA) is 61.4 Å². The second-order valence-corrected chi connectivity index (χ2v) is 6.67. The summed E-state index contributed by atoms with van der Waals surface area (Å²) in [6, 6.07) is 12.7. The fourth-order valence-corrected chi connectivity index (χ4v) is 3.19. The minimum Gasteiger partial charge on any atom is -0.371 e. The number of nitrogens with one attached hydrogen (secondary N) is 2. The van der Waals surface area contributed by atoms with Crippen molar-refractivity contribution in [3.8, 4) is 0 Å². The summed E-state index contributed by atoms with van der Waals surface area (Å²) >= 11 is 5.81. The molecule has 0 fully saturated rings. The Morgan fingerprint density at radius 2 is 1.92 bits per heavy atom. The van der Waals surface area contributed by atoms with E-state index in [0.29, 0.717) is 10.6 Å². The number of nitrogens with zero attached hydrogens (tertiary/aromatic N) is 1. The number of carbonyl (C=O) groups is 2. The summed E-state index contributed by atoms with van der Waals surface area (Å²) < 4.78 is 0. The van der Waals surface area contributed by atoms with Gasteiger partial charge in [-0.2, -0.15) is 0 Å². The maximum atomic E-state index is 12.1. The maximum Gasteiger partial charge on any atom is 0.251 e. The van der Waals surface area contributed by atoms with Crippen molar-refractivity contribution in [2.24, 2.45) is 0 Å². The molecule has 1 heterocycles. The van der Waals surface area contributed by atoms with E-state index in [9.17, 15) is 9.59 Å². The van der Waals surface area contributed by atoms with Crippen molar-refractivity contribution in [1.29, 1.82) is 0 Å². The monoisotopic (exact) mass is 371 g/mol. The van der Waals surface area contributed by atoms with Gasteiger partial charge in [0, 0.05) is 48.0 Å². The molecule has 0 aliphatic carbocycles. The van der Waals surface area contributed by atoms with Crippen molar-refractivity contribution in [3.63, 3.8) is 0 Å². The zero-order chi connectivity index (χ0) is 18.5. The molecule has 6 heteroatoms. The molecule has 0 radical (unpaired) electrons. The number of halogens is 1. The van der Waals surface area contributed by atoms with E-state index in [1.165, 1.54) is 11.3 Å². The Morgan fingerprint density at radius 3 is 2.65 bits per heavy atom. The summed E-state index contributed by atoms with van der Waals surface area (Å²) in [4.78, 5) is 26.4. The molecule has 0 saturated heterocycles. The van der Waals surface area contributed by atoms with Gasteiger partial charge >= 0.3 is 0 Å². The second-order valence-electron chi connectivity index (χ2n) is 6.23. The van der Waals surface area contributed by atoms with Crippen molar-refractivity contribution >= 4 is 34.8 Å². The predicted octanol–water partition coefficient (Wildman–Crippen LogP) is 3.48. The molecule has 0 aromatic heterocycles. The fourth-order valence-electron chi connectivity index (χ4n) is 3.07. The van der Waals surface area contributed by atoms with Crippen molar-refractivity contribution in [2.45, 2.75) is 19.8 Å². The quantitative estimate of drug-likeness (QED) is 0.817. The Labute approximate surface area is 158 Å². The lowest BCUT2D eigenvalue weighted by molar-refractivity contribution is -0.116. The third-order valence-corrected chi connectivity index (χ3v) is 4.74. The van der Waals surface area contributed by atoms with Gasteiger partial charge < -0.3 is 15.5 Å². The third-order valence-electron chi connectivity index (χ3n) is 4.49. The van der Waals surface area contributed by atoms with E-state index in [1.54, 1.807) is 24.3 Å². The van der Waals surface area contributed by atoms with Crippen LogP contribution in [0.25, 0.3) is 0 Å². The van der Waals surface area contributed by atoms with Gasteiger partial charge in [-0.15, -0.1) is 0 Å². The molecule has 5 nitrogen and oxygen atoms in total. The highest BCUT2D eigenvalue weighted by molar-refractivity contribution is 6.30. The first-order valence-corrected chi connectivity index (χ1v) is 9.16. The number of benzene rings is 2. The van der Waals surface area contributed by atoms with Gasteiger partial charge in [0.2, 0.25) is 5.91 Å². The molecule has 0 spiro atoms. The van der Waals surface area contributed by atoms with Gasteiger partial charge in [-0.3, -0.25) is 9.59 Å². The van der Waals surface area contributed by atoms with Gasteiger partial charge in [0.1, 0.15) is 0 Å². The summed E-state index contributed by atoms with van der Waals surface area (Å²) in [5.41, 5.74) is 3.83. The first-order valence-electron chi connectivity index (χ1n) is 8.78. The van der Waals surface area contributed by atoms with E-state index < -0.39 is 0 Å². The number of rotatable bonds is 6. The van der Waals surface area contributed by atoms with E-state index in [2.05, 4.69) is 28.5 Å². The lowest BCUT2D eigenvalue weighted by atomic mass is 10.1. The van der Waals surface area contributed by atoms with Gasteiger partial charge in [0.15, 0.2) is 0 Å². The highest BCUT2D eigenvalue weighted by Gasteiger charge is 2.18. The van der Waals surface area contributed by atoms with E-state index in [4.69, 9.17) is 11.6 Å². The van der Waals surface area contributed by atoms with Crippen LogP contribution in [-0.2, 0) is 11.2 Å². The van der Waals surface area contributed by atoms with Crippen LogP contribution in [0.2, 0.25) is 5.02 Å². The lowest BCUT2D eigenvalue weighted by Gasteiger charge is -2.17. The van der Waals surface area contributed by atoms with E-state index >= 15 is 0 Å². The molecule has 136 valence electrons. The summed E-state index contributed by atoms with van der Waals surface area (Å²) in [7, 11) is 0.